The van der Waals surface area contributed by atoms with Gasteiger partial charge in [0.25, 0.3) is 0 Å². The van der Waals surface area contributed by atoms with Crippen LogP contribution in [0.4, 0.5) is 0 Å². The van der Waals surface area contributed by atoms with E-state index in [4.69, 9.17) is 4.74 Å². The monoisotopic (exact) mass is 245 g/mol. The van der Waals surface area contributed by atoms with Gasteiger partial charge in [-0.15, -0.1) is 0 Å². The molecule has 0 N–H and O–H groups in total. The Hall–Kier alpha value is -0.220. The molecule has 0 aromatic carbocycles. The zero-order valence-electron chi connectivity index (χ0n) is 10.6. The van der Waals surface area contributed by atoms with E-state index in [1.165, 1.54) is 6.42 Å². The number of carbonyl (C=O) groups excluding carboxylic acids is 1. The highest BCUT2D eigenvalue weighted by atomic mass is 32.2. The van der Waals surface area contributed by atoms with Crippen molar-refractivity contribution in [3.8, 4) is 0 Å². The van der Waals surface area contributed by atoms with Crippen LogP contribution >= 0.6 is 11.8 Å². The van der Waals surface area contributed by atoms with Crippen molar-refractivity contribution in [2.75, 3.05) is 25.4 Å². The molecule has 1 rings (SSSR count). The Labute approximate surface area is 103 Å². The lowest BCUT2D eigenvalue weighted by molar-refractivity contribution is -0.149. The molecule has 1 aliphatic heterocycles. The van der Waals surface area contributed by atoms with E-state index in [9.17, 15) is 4.79 Å². The molecule has 16 heavy (non-hydrogen) atoms. The van der Waals surface area contributed by atoms with Gasteiger partial charge in [0.05, 0.1) is 6.61 Å². The van der Waals surface area contributed by atoms with Gasteiger partial charge in [0.15, 0.2) is 0 Å². The predicted molar refractivity (Wildman–Crippen MR) is 68.8 cm³/mol. The summed E-state index contributed by atoms with van der Waals surface area (Å²) in [5, 5.41) is 0.678. The summed E-state index contributed by atoms with van der Waals surface area (Å²) in [6.45, 7) is 8.66. The third kappa shape index (κ3) is 3.67. The molecule has 0 aromatic rings. The molecule has 0 aliphatic carbocycles. The van der Waals surface area contributed by atoms with E-state index in [0.29, 0.717) is 11.9 Å². The summed E-state index contributed by atoms with van der Waals surface area (Å²) in [5.41, 5.74) is 0. The summed E-state index contributed by atoms with van der Waals surface area (Å²) in [6.07, 6.45) is 2.03. The fourth-order valence-corrected chi connectivity index (χ4v) is 3.29. The van der Waals surface area contributed by atoms with Crippen LogP contribution in [0.25, 0.3) is 0 Å². The minimum absolute atomic E-state index is 0.0325. The maximum atomic E-state index is 11.8. The Morgan fingerprint density at radius 3 is 2.81 bits per heavy atom. The van der Waals surface area contributed by atoms with Crippen LogP contribution in [-0.4, -0.2) is 47.6 Å². The minimum atomic E-state index is -0.0493. The number of hydrogen-bond acceptors (Lipinski definition) is 4. The lowest BCUT2D eigenvalue weighted by Crippen LogP contribution is -2.48. The second-order valence-electron chi connectivity index (χ2n) is 4.07. The predicted octanol–water partition coefficient (Wildman–Crippen LogP) is 2.16. The quantitative estimate of drug-likeness (QED) is 0.694. The average Bonchev–Trinajstić information content (AvgIpc) is 2.31. The minimum Gasteiger partial charge on any atom is -0.465 e. The molecule has 0 saturated carbocycles. The normalized spacial score (nSPS) is 24.1. The summed E-state index contributed by atoms with van der Waals surface area (Å²) < 4.78 is 5.13. The van der Waals surface area contributed by atoms with Crippen molar-refractivity contribution >= 4 is 17.7 Å². The van der Waals surface area contributed by atoms with Crippen molar-refractivity contribution in [1.29, 1.82) is 0 Å². The Kier molecular flexibility index (Phi) is 6.21. The van der Waals surface area contributed by atoms with Crippen LogP contribution < -0.4 is 0 Å². The Balaban J connectivity index is 2.54. The molecule has 0 radical (unpaired) electrons. The van der Waals surface area contributed by atoms with Gasteiger partial charge in [0.1, 0.15) is 6.04 Å². The van der Waals surface area contributed by atoms with Crippen molar-refractivity contribution in [2.24, 2.45) is 0 Å². The number of nitrogens with zero attached hydrogens (tertiary/aromatic N) is 1. The molecular formula is C12H23NO2S. The maximum absolute atomic E-state index is 11.8. The molecule has 0 aromatic heterocycles. The third-order valence-electron chi connectivity index (χ3n) is 3.01. The zero-order chi connectivity index (χ0) is 12.0. The van der Waals surface area contributed by atoms with Crippen LogP contribution in [0, 0.1) is 0 Å². The summed E-state index contributed by atoms with van der Waals surface area (Å²) in [7, 11) is 0. The summed E-state index contributed by atoms with van der Waals surface area (Å²) in [4.78, 5) is 14.1. The van der Waals surface area contributed by atoms with E-state index in [0.717, 1.165) is 25.3 Å². The van der Waals surface area contributed by atoms with Crippen LogP contribution in [0.2, 0.25) is 0 Å². The Bertz CT molecular complexity index is 223. The van der Waals surface area contributed by atoms with Gasteiger partial charge >= 0.3 is 5.97 Å². The molecule has 4 heteroatoms. The topological polar surface area (TPSA) is 29.5 Å². The molecule has 2 atom stereocenters. The van der Waals surface area contributed by atoms with Crippen LogP contribution in [-0.2, 0) is 9.53 Å². The number of carbonyl (C=O) groups is 1. The van der Waals surface area contributed by atoms with E-state index in [-0.39, 0.29) is 12.0 Å². The average molecular weight is 245 g/mol. The van der Waals surface area contributed by atoms with Crippen molar-refractivity contribution in [3.05, 3.63) is 0 Å². The van der Waals surface area contributed by atoms with Crippen molar-refractivity contribution in [2.45, 2.75) is 44.9 Å². The number of ether oxygens (including phenoxy) is 1. The molecule has 0 bridgehead atoms. The molecule has 1 aliphatic rings. The number of esters is 1. The second kappa shape index (κ2) is 7.17. The zero-order valence-corrected chi connectivity index (χ0v) is 11.4. The van der Waals surface area contributed by atoms with Crippen LogP contribution in [0.5, 0.6) is 0 Å². The molecule has 0 spiro atoms. The number of rotatable bonds is 5. The highest BCUT2D eigenvalue weighted by Crippen LogP contribution is 2.23. The SMILES string of the molecule is CCOC(=O)C(CC)N1CCSC(CC)C1. The van der Waals surface area contributed by atoms with Gasteiger partial charge in [0.2, 0.25) is 0 Å². The number of hydrogen-bond donors (Lipinski definition) is 0. The number of thioether (sulfide) groups is 1. The molecule has 1 fully saturated rings. The van der Waals surface area contributed by atoms with Crippen LogP contribution in [0.1, 0.15) is 33.6 Å². The van der Waals surface area contributed by atoms with E-state index < -0.39 is 0 Å². The third-order valence-corrected chi connectivity index (χ3v) is 4.38. The van der Waals surface area contributed by atoms with Gasteiger partial charge < -0.3 is 4.74 Å². The standard InChI is InChI=1S/C12H23NO2S/c1-4-10-9-13(7-8-16-10)11(5-2)12(14)15-6-3/h10-11H,4-9H2,1-3H3. The first-order valence-corrected chi connectivity index (χ1v) is 7.30. The van der Waals surface area contributed by atoms with Crippen LogP contribution in [0.3, 0.4) is 0 Å². The van der Waals surface area contributed by atoms with E-state index in [1.807, 2.05) is 18.7 Å². The van der Waals surface area contributed by atoms with Gasteiger partial charge in [0, 0.05) is 24.1 Å². The van der Waals surface area contributed by atoms with Crippen molar-refractivity contribution < 1.29 is 9.53 Å². The van der Waals surface area contributed by atoms with Crippen molar-refractivity contribution in [3.63, 3.8) is 0 Å². The molecule has 1 heterocycles. The van der Waals surface area contributed by atoms with Gasteiger partial charge in [-0.3, -0.25) is 9.69 Å². The maximum Gasteiger partial charge on any atom is 0.323 e. The van der Waals surface area contributed by atoms with Gasteiger partial charge in [-0.2, -0.15) is 11.8 Å². The molecule has 3 nitrogen and oxygen atoms in total. The Morgan fingerprint density at radius 1 is 1.50 bits per heavy atom. The lowest BCUT2D eigenvalue weighted by atomic mass is 10.1. The lowest BCUT2D eigenvalue weighted by Gasteiger charge is -2.36. The van der Waals surface area contributed by atoms with Gasteiger partial charge in [-0.05, 0) is 19.8 Å². The Morgan fingerprint density at radius 2 is 2.25 bits per heavy atom. The highest BCUT2D eigenvalue weighted by Gasteiger charge is 2.29. The van der Waals surface area contributed by atoms with E-state index in [2.05, 4.69) is 18.7 Å². The van der Waals surface area contributed by atoms with Gasteiger partial charge in [-0.25, -0.2) is 0 Å². The summed E-state index contributed by atoms with van der Waals surface area (Å²) in [6, 6.07) is -0.0325. The molecule has 2 unspecified atom stereocenters. The highest BCUT2D eigenvalue weighted by molar-refractivity contribution is 8.00. The van der Waals surface area contributed by atoms with Crippen molar-refractivity contribution in [1.82, 2.24) is 4.90 Å². The first-order chi connectivity index (χ1) is 7.72. The molecule has 1 saturated heterocycles. The second-order valence-corrected chi connectivity index (χ2v) is 5.48. The summed E-state index contributed by atoms with van der Waals surface area (Å²) in [5.74, 6) is 1.08. The van der Waals surface area contributed by atoms with E-state index >= 15 is 0 Å². The smallest absolute Gasteiger partial charge is 0.323 e. The molecular weight excluding hydrogens is 222 g/mol. The first-order valence-electron chi connectivity index (χ1n) is 6.25. The summed E-state index contributed by atoms with van der Waals surface area (Å²) >= 11 is 2.03. The van der Waals surface area contributed by atoms with E-state index in [1.54, 1.807) is 0 Å². The van der Waals surface area contributed by atoms with Gasteiger partial charge in [-0.1, -0.05) is 13.8 Å². The molecule has 94 valence electrons. The molecule has 0 amide bonds. The largest absolute Gasteiger partial charge is 0.465 e. The fraction of sp³-hybridized carbons (Fsp3) is 0.917. The van der Waals surface area contributed by atoms with Crippen LogP contribution in [0.15, 0.2) is 0 Å². The fourth-order valence-electron chi connectivity index (χ4n) is 2.08. The first kappa shape index (κ1) is 13.8.